The third-order valence-electron chi connectivity index (χ3n) is 3.64. The molecule has 1 aromatic carbocycles. The molecule has 7 nitrogen and oxygen atoms in total. The summed E-state index contributed by atoms with van der Waals surface area (Å²) in [6, 6.07) is 9.01. The van der Waals surface area contributed by atoms with Gasteiger partial charge in [-0.1, -0.05) is 23.1 Å². The number of amides is 1. The second-order valence-corrected chi connectivity index (χ2v) is 7.49. The largest absolute Gasteiger partial charge is 0.398 e. The molecule has 0 aliphatic carbocycles. The van der Waals surface area contributed by atoms with Crippen LogP contribution in [0.4, 0.5) is 10.8 Å². The molecule has 1 amide bonds. The monoisotopic (exact) mass is 382 g/mol. The predicted molar refractivity (Wildman–Crippen MR) is 104 cm³/mol. The molecular formula is C17H14N6OS2. The molecule has 0 aliphatic heterocycles. The first kappa shape index (κ1) is 16.6. The summed E-state index contributed by atoms with van der Waals surface area (Å²) in [7, 11) is 1.92. The fraction of sp³-hybridized carbons (Fsp3) is 0.0588. The number of rotatable bonds is 4. The van der Waals surface area contributed by atoms with Crippen LogP contribution in [0.15, 0.2) is 59.0 Å². The van der Waals surface area contributed by atoms with E-state index in [9.17, 15) is 4.79 Å². The van der Waals surface area contributed by atoms with Crippen molar-refractivity contribution in [2.75, 3.05) is 11.1 Å². The third kappa shape index (κ3) is 3.26. The number of hydrogen-bond acceptors (Lipinski definition) is 7. The summed E-state index contributed by atoms with van der Waals surface area (Å²) in [4.78, 5) is 27.2. The lowest BCUT2D eigenvalue weighted by Crippen LogP contribution is -2.14. The van der Waals surface area contributed by atoms with E-state index in [0.717, 1.165) is 20.4 Å². The Morgan fingerprint density at radius 1 is 1.27 bits per heavy atom. The Kier molecular flexibility index (Phi) is 4.31. The number of nitrogens with zero attached hydrogens (tertiary/aromatic N) is 4. The first-order chi connectivity index (χ1) is 12.6. The second kappa shape index (κ2) is 6.77. The summed E-state index contributed by atoms with van der Waals surface area (Å²) in [5, 5.41) is 4.13. The van der Waals surface area contributed by atoms with Crippen molar-refractivity contribution in [1.29, 1.82) is 0 Å². The van der Waals surface area contributed by atoms with Gasteiger partial charge in [0.05, 0.1) is 5.56 Å². The summed E-state index contributed by atoms with van der Waals surface area (Å²) >= 11 is 2.79. The molecule has 0 aliphatic rings. The summed E-state index contributed by atoms with van der Waals surface area (Å²) in [6.07, 6.45) is 5.30. The van der Waals surface area contributed by atoms with E-state index in [0.29, 0.717) is 16.4 Å². The zero-order chi connectivity index (χ0) is 18.1. The zero-order valence-electron chi connectivity index (χ0n) is 13.7. The van der Waals surface area contributed by atoms with Gasteiger partial charge in [0.1, 0.15) is 10.3 Å². The molecule has 130 valence electrons. The molecule has 3 N–H and O–H groups in total. The molecule has 9 heteroatoms. The minimum atomic E-state index is -0.302. The number of anilines is 2. The van der Waals surface area contributed by atoms with Crippen molar-refractivity contribution in [3.8, 4) is 0 Å². The van der Waals surface area contributed by atoms with Crippen LogP contribution in [-0.2, 0) is 7.05 Å². The number of nitrogens with two attached hydrogens (primary N) is 1. The van der Waals surface area contributed by atoms with E-state index in [4.69, 9.17) is 5.73 Å². The van der Waals surface area contributed by atoms with Crippen molar-refractivity contribution < 1.29 is 4.79 Å². The van der Waals surface area contributed by atoms with E-state index in [1.54, 1.807) is 24.5 Å². The molecule has 3 aromatic heterocycles. The van der Waals surface area contributed by atoms with Crippen LogP contribution in [0.2, 0.25) is 0 Å². The SMILES string of the molecule is Cn1ccnc1Sc1ccc(N)c(C(=O)Nc2nc3cccnc3s2)c1. The lowest BCUT2D eigenvalue weighted by molar-refractivity contribution is 0.102. The first-order valence-electron chi connectivity index (χ1n) is 7.68. The molecule has 0 unspecified atom stereocenters. The standard InChI is InChI=1S/C17H14N6OS2/c1-23-8-7-20-17(23)25-10-4-5-12(18)11(9-10)14(24)22-16-21-13-3-2-6-19-15(13)26-16/h2-9H,18H2,1H3,(H,21,22,24). The minimum absolute atomic E-state index is 0.302. The topological polar surface area (TPSA) is 98.7 Å². The van der Waals surface area contributed by atoms with Crippen molar-refractivity contribution >= 4 is 50.2 Å². The zero-order valence-corrected chi connectivity index (χ0v) is 15.3. The van der Waals surface area contributed by atoms with Gasteiger partial charge in [0.2, 0.25) is 0 Å². The molecule has 26 heavy (non-hydrogen) atoms. The number of hydrogen-bond donors (Lipinski definition) is 2. The quantitative estimate of drug-likeness (QED) is 0.525. The summed E-state index contributed by atoms with van der Waals surface area (Å²) in [5.74, 6) is -0.302. The molecule has 0 bridgehead atoms. The van der Waals surface area contributed by atoms with Crippen molar-refractivity contribution in [3.05, 3.63) is 54.5 Å². The highest BCUT2D eigenvalue weighted by molar-refractivity contribution is 7.99. The van der Waals surface area contributed by atoms with Gasteiger partial charge in [-0.2, -0.15) is 0 Å². The normalized spacial score (nSPS) is 11.0. The van der Waals surface area contributed by atoms with Crippen LogP contribution in [0.25, 0.3) is 10.3 Å². The van der Waals surface area contributed by atoms with Crippen molar-refractivity contribution in [1.82, 2.24) is 19.5 Å². The summed E-state index contributed by atoms with van der Waals surface area (Å²) < 4.78 is 1.91. The number of nitrogens with one attached hydrogen (secondary N) is 1. The van der Waals surface area contributed by atoms with E-state index < -0.39 is 0 Å². The molecule has 4 rings (SSSR count). The average molecular weight is 382 g/mol. The van der Waals surface area contributed by atoms with Gasteiger partial charge < -0.3 is 10.3 Å². The number of aryl methyl sites for hydroxylation is 1. The van der Waals surface area contributed by atoms with E-state index in [1.807, 2.05) is 36.0 Å². The Bertz CT molecular complexity index is 1070. The van der Waals surface area contributed by atoms with E-state index in [2.05, 4.69) is 20.3 Å². The van der Waals surface area contributed by atoms with E-state index in [-0.39, 0.29) is 5.91 Å². The van der Waals surface area contributed by atoms with Crippen LogP contribution < -0.4 is 11.1 Å². The maximum Gasteiger partial charge on any atom is 0.259 e. The molecule has 4 aromatic rings. The van der Waals surface area contributed by atoms with Gasteiger partial charge >= 0.3 is 0 Å². The maximum atomic E-state index is 12.7. The van der Waals surface area contributed by atoms with Crippen LogP contribution in [0, 0.1) is 0 Å². The number of pyridine rings is 1. The summed E-state index contributed by atoms with van der Waals surface area (Å²) in [5.41, 5.74) is 7.56. The van der Waals surface area contributed by atoms with Crippen molar-refractivity contribution in [3.63, 3.8) is 0 Å². The highest BCUT2D eigenvalue weighted by atomic mass is 32.2. The minimum Gasteiger partial charge on any atom is -0.398 e. The molecule has 0 saturated heterocycles. The van der Waals surface area contributed by atoms with Crippen LogP contribution in [0.3, 0.4) is 0 Å². The Labute approximate surface area is 157 Å². The van der Waals surface area contributed by atoms with Gasteiger partial charge in [-0.05, 0) is 30.3 Å². The average Bonchev–Trinajstić information content (AvgIpc) is 3.22. The number of nitrogen functional groups attached to an aromatic ring is 1. The highest BCUT2D eigenvalue weighted by Gasteiger charge is 2.15. The molecule has 0 saturated carbocycles. The van der Waals surface area contributed by atoms with Crippen LogP contribution in [0.5, 0.6) is 0 Å². The lowest BCUT2D eigenvalue weighted by atomic mass is 10.1. The second-order valence-electron chi connectivity index (χ2n) is 5.47. The van der Waals surface area contributed by atoms with Crippen molar-refractivity contribution in [2.45, 2.75) is 10.1 Å². The smallest absolute Gasteiger partial charge is 0.259 e. The van der Waals surface area contributed by atoms with Gasteiger partial charge in [0.15, 0.2) is 10.3 Å². The van der Waals surface area contributed by atoms with E-state index >= 15 is 0 Å². The van der Waals surface area contributed by atoms with Crippen LogP contribution in [-0.4, -0.2) is 25.4 Å². The fourth-order valence-electron chi connectivity index (χ4n) is 2.34. The molecule has 0 fully saturated rings. The first-order valence-corrected chi connectivity index (χ1v) is 9.31. The van der Waals surface area contributed by atoms with Crippen LogP contribution in [0.1, 0.15) is 10.4 Å². The number of benzene rings is 1. The van der Waals surface area contributed by atoms with Gasteiger partial charge in [0.25, 0.3) is 5.91 Å². The molecule has 0 atom stereocenters. The number of fused-ring (bicyclic) bond motifs is 1. The molecule has 0 radical (unpaired) electrons. The Hall–Kier alpha value is -2.91. The molecule has 0 spiro atoms. The van der Waals surface area contributed by atoms with Gasteiger partial charge in [-0.15, -0.1) is 0 Å². The number of imidazole rings is 1. The predicted octanol–water partition coefficient (Wildman–Crippen LogP) is 3.41. The third-order valence-corrected chi connectivity index (χ3v) is 5.60. The van der Waals surface area contributed by atoms with E-state index in [1.165, 1.54) is 23.1 Å². The summed E-state index contributed by atoms with van der Waals surface area (Å²) in [6.45, 7) is 0. The highest BCUT2D eigenvalue weighted by Crippen LogP contribution is 2.29. The van der Waals surface area contributed by atoms with Gasteiger partial charge in [-0.3, -0.25) is 10.1 Å². The number of thiazole rings is 1. The fourth-order valence-corrected chi connectivity index (χ4v) is 3.98. The Morgan fingerprint density at radius 3 is 2.92 bits per heavy atom. The number of aromatic nitrogens is 4. The van der Waals surface area contributed by atoms with Crippen molar-refractivity contribution in [2.24, 2.45) is 7.05 Å². The molecule has 3 heterocycles. The van der Waals surface area contributed by atoms with Crippen LogP contribution >= 0.6 is 23.1 Å². The van der Waals surface area contributed by atoms with Gasteiger partial charge in [0, 0.05) is 36.2 Å². The number of carbonyl (C=O) groups is 1. The maximum absolute atomic E-state index is 12.7. The van der Waals surface area contributed by atoms with Gasteiger partial charge in [-0.25, -0.2) is 15.0 Å². The number of carbonyl (C=O) groups excluding carboxylic acids is 1. The molecular weight excluding hydrogens is 368 g/mol. The Morgan fingerprint density at radius 2 is 2.15 bits per heavy atom. The lowest BCUT2D eigenvalue weighted by Gasteiger charge is -2.08. The Balaban J connectivity index is 1.58.